The Balaban J connectivity index is 1.45. The molecule has 0 radical (unpaired) electrons. The van der Waals surface area contributed by atoms with Gasteiger partial charge in [0.2, 0.25) is 5.91 Å². The fraction of sp³-hybridized carbons (Fsp3) is 0.556. The molecule has 26 heavy (non-hydrogen) atoms. The molecule has 2 aromatic rings. The highest BCUT2D eigenvalue weighted by atomic mass is 16.2. The van der Waals surface area contributed by atoms with E-state index in [1.54, 1.807) is 6.33 Å². The number of aromatic nitrogens is 4. The maximum atomic E-state index is 13.0. The van der Waals surface area contributed by atoms with Crippen LogP contribution in [0.4, 0.5) is 11.6 Å². The topological polar surface area (TPSA) is 104 Å². The van der Waals surface area contributed by atoms with E-state index in [1.807, 2.05) is 6.07 Å². The van der Waals surface area contributed by atoms with Crippen molar-refractivity contribution in [3.8, 4) is 0 Å². The molecule has 4 heterocycles. The first kappa shape index (κ1) is 15.6. The normalized spacial score (nSPS) is 21.7. The van der Waals surface area contributed by atoms with Crippen LogP contribution in [0.25, 0.3) is 0 Å². The van der Waals surface area contributed by atoms with Crippen molar-refractivity contribution < 1.29 is 4.79 Å². The second-order valence-corrected chi connectivity index (χ2v) is 7.56. The summed E-state index contributed by atoms with van der Waals surface area (Å²) in [5.74, 6) is 1.88. The number of nitrogens with zero attached hydrogens (tertiary/aromatic N) is 5. The molecule has 5 rings (SSSR count). The molecule has 3 N–H and O–H groups in total. The number of rotatable bonds is 2. The highest BCUT2D eigenvalue weighted by Crippen LogP contribution is 2.45. The first-order chi connectivity index (χ1) is 12.7. The lowest BCUT2D eigenvalue weighted by Crippen LogP contribution is -2.58. The number of hydrogen-bond donors (Lipinski definition) is 2. The number of amides is 1. The van der Waals surface area contributed by atoms with Gasteiger partial charge < -0.3 is 20.5 Å². The maximum absolute atomic E-state index is 13.0. The van der Waals surface area contributed by atoms with Crippen molar-refractivity contribution in [1.82, 2.24) is 24.8 Å². The van der Waals surface area contributed by atoms with E-state index < -0.39 is 0 Å². The van der Waals surface area contributed by atoms with E-state index in [2.05, 4.69) is 29.7 Å². The Morgan fingerprint density at radius 3 is 2.73 bits per heavy atom. The quantitative estimate of drug-likeness (QED) is 0.837. The summed E-state index contributed by atoms with van der Waals surface area (Å²) >= 11 is 0. The van der Waals surface area contributed by atoms with Crippen LogP contribution in [0.2, 0.25) is 0 Å². The number of fused-ring (bicyclic) bond motifs is 2. The lowest BCUT2D eigenvalue weighted by atomic mass is 9.78. The summed E-state index contributed by atoms with van der Waals surface area (Å²) < 4.78 is 0. The van der Waals surface area contributed by atoms with Crippen molar-refractivity contribution in [2.45, 2.75) is 37.6 Å². The third kappa shape index (κ3) is 2.35. The number of nitrogens with two attached hydrogens (primary N) is 1. The molecule has 8 heteroatoms. The van der Waals surface area contributed by atoms with Crippen molar-refractivity contribution in [3.63, 3.8) is 0 Å². The zero-order valence-electron chi connectivity index (χ0n) is 14.7. The highest BCUT2D eigenvalue weighted by Gasteiger charge is 2.51. The zero-order valence-corrected chi connectivity index (χ0v) is 14.7. The van der Waals surface area contributed by atoms with Crippen molar-refractivity contribution in [3.05, 3.63) is 30.1 Å². The fourth-order valence-corrected chi connectivity index (χ4v) is 4.50. The smallest absolute Gasteiger partial charge is 0.226 e. The summed E-state index contributed by atoms with van der Waals surface area (Å²) in [6.45, 7) is 2.42. The Bertz CT molecular complexity index is 836. The van der Waals surface area contributed by atoms with Gasteiger partial charge in [0, 0.05) is 43.7 Å². The van der Waals surface area contributed by atoms with Gasteiger partial charge in [0.15, 0.2) is 0 Å². The number of nitrogens with one attached hydrogen (secondary N) is 1. The van der Waals surface area contributed by atoms with Crippen molar-refractivity contribution >= 4 is 17.5 Å². The summed E-state index contributed by atoms with van der Waals surface area (Å²) in [4.78, 5) is 33.6. The molecule has 2 aliphatic heterocycles. The van der Waals surface area contributed by atoms with E-state index in [4.69, 9.17) is 5.73 Å². The first-order valence-corrected chi connectivity index (χ1v) is 9.34. The Labute approximate surface area is 151 Å². The third-order valence-corrected chi connectivity index (χ3v) is 6.04. The van der Waals surface area contributed by atoms with Crippen LogP contribution in [0.5, 0.6) is 0 Å². The minimum atomic E-state index is -0.289. The van der Waals surface area contributed by atoms with Crippen LogP contribution in [0.15, 0.2) is 18.7 Å². The van der Waals surface area contributed by atoms with Crippen molar-refractivity contribution in [2.75, 3.05) is 30.3 Å². The number of aromatic amines is 1. The number of hydrogen-bond acceptors (Lipinski definition) is 6. The molecular formula is C18H23N7O. The van der Waals surface area contributed by atoms with Gasteiger partial charge in [0.1, 0.15) is 18.0 Å². The predicted molar refractivity (Wildman–Crippen MR) is 96.3 cm³/mol. The molecule has 2 fully saturated rings. The van der Waals surface area contributed by atoms with Gasteiger partial charge >= 0.3 is 0 Å². The average Bonchev–Trinajstić information content (AvgIpc) is 3.39. The van der Waals surface area contributed by atoms with Gasteiger partial charge in [-0.1, -0.05) is 0 Å². The number of anilines is 2. The van der Waals surface area contributed by atoms with Crippen molar-refractivity contribution in [1.29, 1.82) is 0 Å². The molecule has 0 unspecified atom stereocenters. The molecular weight excluding hydrogens is 330 g/mol. The standard InChI is InChI=1S/C18H23N7O/c19-14-9-15(22-11-21-14)24-7-4-18(5-8-24)16-13(20-10-23-16)3-6-25(18)17(26)12-1-2-12/h9-12H,1-8H2,(H,20,23)(H2,19,21,22). The second kappa shape index (κ2) is 5.69. The molecule has 1 amide bonds. The summed E-state index contributed by atoms with van der Waals surface area (Å²) in [5, 5.41) is 0. The molecule has 0 aromatic carbocycles. The van der Waals surface area contributed by atoms with E-state index >= 15 is 0 Å². The number of H-pyrrole nitrogens is 1. The lowest BCUT2D eigenvalue weighted by Gasteiger charge is -2.50. The number of carbonyl (C=O) groups is 1. The Hall–Kier alpha value is -2.64. The summed E-state index contributed by atoms with van der Waals surface area (Å²) in [6.07, 6.45) is 7.91. The predicted octanol–water partition coefficient (Wildman–Crippen LogP) is 1.07. The van der Waals surface area contributed by atoms with Crippen LogP contribution < -0.4 is 10.6 Å². The zero-order chi connectivity index (χ0) is 17.7. The maximum Gasteiger partial charge on any atom is 0.226 e. The molecule has 0 bridgehead atoms. The van der Waals surface area contributed by atoms with Gasteiger partial charge in [-0.2, -0.15) is 0 Å². The SMILES string of the molecule is Nc1cc(N2CCC3(CC2)c2nc[nH]c2CCN3C(=O)C2CC2)ncn1. The van der Waals surface area contributed by atoms with E-state index in [-0.39, 0.29) is 11.5 Å². The average molecular weight is 353 g/mol. The molecule has 3 aliphatic rings. The van der Waals surface area contributed by atoms with Gasteiger partial charge in [-0.15, -0.1) is 0 Å². The summed E-state index contributed by atoms with van der Waals surface area (Å²) in [6, 6.07) is 1.81. The van der Waals surface area contributed by atoms with E-state index in [0.29, 0.717) is 11.7 Å². The van der Waals surface area contributed by atoms with Crippen LogP contribution in [-0.4, -0.2) is 50.4 Å². The van der Waals surface area contributed by atoms with Gasteiger partial charge in [0.05, 0.1) is 17.6 Å². The van der Waals surface area contributed by atoms with Crippen LogP contribution in [0, 0.1) is 5.92 Å². The van der Waals surface area contributed by atoms with Crippen LogP contribution in [0.3, 0.4) is 0 Å². The number of carbonyl (C=O) groups excluding carboxylic acids is 1. The molecule has 1 aliphatic carbocycles. The van der Waals surface area contributed by atoms with Gasteiger partial charge in [-0.25, -0.2) is 15.0 Å². The molecule has 136 valence electrons. The molecule has 1 spiro atoms. The van der Waals surface area contributed by atoms with E-state index in [1.165, 1.54) is 12.0 Å². The minimum absolute atomic E-state index is 0.229. The van der Waals surface area contributed by atoms with E-state index in [0.717, 1.165) is 63.3 Å². The second-order valence-electron chi connectivity index (χ2n) is 7.56. The largest absolute Gasteiger partial charge is 0.384 e. The van der Waals surface area contributed by atoms with Crippen LogP contribution in [-0.2, 0) is 16.8 Å². The van der Waals surface area contributed by atoms with Crippen LogP contribution >= 0.6 is 0 Å². The van der Waals surface area contributed by atoms with Crippen molar-refractivity contribution in [2.24, 2.45) is 5.92 Å². The monoisotopic (exact) mass is 353 g/mol. The fourth-order valence-electron chi connectivity index (χ4n) is 4.50. The van der Waals surface area contributed by atoms with Gasteiger partial charge in [-0.05, 0) is 25.7 Å². The van der Waals surface area contributed by atoms with Crippen LogP contribution in [0.1, 0.15) is 37.1 Å². The highest BCUT2D eigenvalue weighted by molar-refractivity contribution is 5.82. The van der Waals surface area contributed by atoms with Gasteiger partial charge in [-0.3, -0.25) is 4.79 Å². The number of nitrogen functional groups attached to an aromatic ring is 1. The molecule has 8 nitrogen and oxygen atoms in total. The lowest BCUT2D eigenvalue weighted by molar-refractivity contribution is -0.142. The molecule has 2 aromatic heterocycles. The summed E-state index contributed by atoms with van der Waals surface area (Å²) in [7, 11) is 0. The molecule has 0 atom stereocenters. The summed E-state index contributed by atoms with van der Waals surface area (Å²) in [5.41, 5.74) is 7.77. The number of imidazole rings is 1. The Morgan fingerprint density at radius 1 is 1.19 bits per heavy atom. The Kier molecular flexibility index (Phi) is 3.41. The molecule has 1 saturated carbocycles. The van der Waals surface area contributed by atoms with Gasteiger partial charge in [0.25, 0.3) is 0 Å². The minimum Gasteiger partial charge on any atom is -0.384 e. The number of piperidine rings is 1. The van der Waals surface area contributed by atoms with E-state index in [9.17, 15) is 4.79 Å². The molecule has 1 saturated heterocycles. The first-order valence-electron chi connectivity index (χ1n) is 9.34. The Morgan fingerprint density at radius 2 is 2.00 bits per heavy atom. The third-order valence-electron chi connectivity index (χ3n) is 6.04.